The van der Waals surface area contributed by atoms with Crippen LogP contribution in [-0.4, -0.2) is 4.57 Å². The molecule has 2 atom stereocenters. The van der Waals surface area contributed by atoms with E-state index in [9.17, 15) is 9.18 Å². The monoisotopic (exact) mass is 496 g/mol. The van der Waals surface area contributed by atoms with Crippen molar-refractivity contribution in [1.29, 1.82) is 0 Å². The number of anilines is 1. The molecule has 2 heterocycles. The number of halogens is 3. The lowest BCUT2D eigenvalue weighted by atomic mass is 9.94. The summed E-state index contributed by atoms with van der Waals surface area (Å²) in [4.78, 5) is 13.9. The smallest absolute Gasteiger partial charge is 0.252 e. The topological polar surface area (TPSA) is 25.2 Å². The summed E-state index contributed by atoms with van der Waals surface area (Å²) in [7, 11) is 0. The van der Waals surface area contributed by atoms with Gasteiger partial charge in [-0.25, -0.2) is 4.39 Å². The maximum absolute atomic E-state index is 14.1. The molecule has 0 amide bonds. The van der Waals surface area contributed by atoms with Crippen molar-refractivity contribution in [2.45, 2.75) is 23.9 Å². The van der Waals surface area contributed by atoms with Crippen LogP contribution in [-0.2, 0) is 0 Å². The molecule has 0 radical (unpaired) electrons. The number of benzene rings is 3. The van der Waals surface area contributed by atoms with Crippen LogP contribution >= 0.6 is 35.1 Å². The fourth-order valence-electron chi connectivity index (χ4n) is 4.21. The Labute approximate surface area is 205 Å². The molecule has 0 saturated carbocycles. The van der Waals surface area contributed by atoms with Gasteiger partial charge in [-0.05, 0) is 78.0 Å². The maximum Gasteiger partial charge on any atom is 0.252 e. The third kappa shape index (κ3) is 4.17. The van der Waals surface area contributed by atoms with Crippen molar-refractivity contribution in [1.82, 2.24) is 4.57 Å². The largest absolute Gasteiger partial charge is 0.288 e. The molecule has 3 nitrogen and oxygen atoms in total. The molecule has 33 heavy (non-hydrogen) atoms. The predicted molar refractivity (Wildman–Crippen MR) is 134 cm³/mol. The number of hydrogen-bond acceptors (Lipinski definition) is 3. The van der Waals surface area contributed by atoms with Crippen LogP contribution in [0, 0.1) is 12.7 Å². The Morgan fingerprint density at radius 3 is 2.06 bits per heavy atom. The normalized spacial score (nSPS) is 17.3. The van der Waals surface area contributed by atoms with Crippen LogP contribution in [0.15, 0.2) is 94.6 Å². The van der Waals surface area contributed by atoms with E-state index < -0.39 is 0 Å². The van der Waals surface area contributed by atoms with Gasteiger partial charge in [-0.15, -0.1) is 0 Å². The van der Waals surface area contributed by atoms with Crippen molar-refractivity contribution in [3.63, 3.8) is 0 Å². The minimum Gasteiger partial charge on any atom is -0.288 e. The highest BCUT2D eigenvalue weighted by Gasteiger charge is 2.41. The van der Waals surface area contributed by atoms with Crippen molar-refractivity contribution in [2.75, 3.05) is 4.31 Å². The number of aromatic nitrogens is 1. The average molecular weight is 497 g/mol. The second-order valence-corrected chi connectivity index (χ2v) is 9.80. The molecule has 1 aliphatic rings. The predicted octanol–water partition coefficient (Wildman–Crippen LogP) is 7.46. The average Bonchev–Trinajstić information content (AvgIpc) is 3.13. The molecule has 4 aromatic rings. The highest BCUT2D eigenvalue weighted by atomic mass is 35.5. The highest BCUT2D eigenvalue weighted by Crippen LogP contribution is 2.51. The molecule has 0 unspecified atom stereocenters. The molecule has 0 spiro atoms. The van der Waals surface area contributed by atoms with E-state index in [0.717, 1.165) is 27.4 Å². The van der Waals surface area contributed by atoms with Gasteiger partial charge in [0.05, 0.1) is 12.1 Å². The van der Waals surface area contributed by atoms with E-state index in [0.29, 0.717) is 10.0 Å². The highest BCUT2D eigenvalue weighted by molar-refractivity contribution is 8.00. The molecule has 0 bridgehead atoms. The Bertz CT molecular complexity index is 1370. The lowest BCUT2D eigenvalue weighted by molar-refractivity contribution is 0.545. The van der Waals surface area contributed by atoms with Crippen LogP contribution in [0.1, 0.15) is 28.8 Å². The van der Waals surface area contributed by atoms with Crippen LogP contribution in [0.3, 0.4) is 0 Å². The minimum absolute atomic E-state index is 0.106. The van der Waals surface area contributed by atoms with Crippen LogP contribution in [0.5, 0.6) is 0 Å². The lowest BCUT2D eigenvalue weighted by Crippen LogP contribution is -2.25. The molecule has 3 aromatic carbocycles. The van der Waals surface area contributed by atoms with Gasteiger partial charge in [-0.3, -0.25) is 13.7 Å². The molecule has 166 valence electrons. The van der Waals surface area contributed by atoms with Crippen molar-refractivity contribution in [2.24, 2.45) is 0 Å². The fourth-order valence-corrected chi connectivity index (χ4v) is 5.65. The van der Waals surface area contributed by atoms with Gasteiger partial charge >= 0.3 is 0 Å². The number of rotatable bonds is 4. The summed E-state index contributed by atoms with van der Waals surface area (Å²) in [6, 6.07) is 24.6. The van der Waals surface area contributed by atoms with Gasteiger partial charge in [-0.1, -0.05) is 59.6 Å². The Balaban J connectivity index is 1.73. The number of aryl methyl sites for hydroxylation is 1. The summed E-state index contributed by atoms with van der Waals surface area (Å²) in [5.74, 6) is 0.445. The molecule has 1 aromatic heterocycles. The van der Waals surface area contributed by atoms with Gasteiger partial charge < -0.3 is 0 Å². The summed E-state index contributed by atoms with van der Waals surface area (Å²) < 4.78 is 18.0. The van der Waals surface area contributed by atoms with Crippen LogP contribution in [0.2, 0.25) is 10.0 Å². The van der Waals surface area contributed by atoms with Gasteiger partial charge in [0.25, 0.3) is 5.56 Å². The van der Waals surface area contributed by atoms with Crippen molar-refractivity contribution >= 4 is 41.0 Å². The van der Waals surface area contributed by atoms with Gasteiger partial charge in [0.15, 0.2) is 0 Å². The molecule has 1 aliphatic heterocycles. The third-order valence-corrected chi connectivity index (χ3v) is 7.55. The zero-order valence-corrected chi connectivity index (χ0v) is 19.9. The third-order valence-electron chi connectivity index (χ3n) is 5.79. The van der Waals surface area contributed by atoms with E-state index in [1.54, 1.807) is 22.8 Å². The first-order valence-corrected chi connectivity index (χ1v) is 11.9. The fraction of sp³-hybridized carbons (Fsp3) is 0.115. The van der Waals surface area contributed by atoms with E-state index in [2.05, 4.69) is 4.31 Å². The number of fused-ring (bicyclic) bond motifs is 1. The second kappa shape index (κ2) is 8.90. The summed E-state index contributed by atoms with van der Waals surface area (Å²) in [5, 5.41) is 1.26. The van der Waals surface area contributed by atoms with Crippen molar-refractivity contribution < 1.29 is 4.39 Å². The van der Waals surface area contributed by atoms with Gasteiger partial charge in [-0.2, -0.15) is 0 Å². The minimum atomic E-state index is -0.312. The molecule has 7 heteroatoms. The van der Waals surface area contributed by atoms with Crippen LogP contribution in [0.25, 0.3) is 0 Å². The van der Waals surface area contributed by atoms with E-state index in [1.165, 1.54) is 24.1 Å². The van der Waals surface area contributed by atoms with E-state index in [-0.39, 0.29) is 23.5 Å². The summed E-state index contributed by atoms with van der Waals surface area (Å²) >= 11 is 13.8. The van der Waals surface area contributed by atoms with Gasteiger partial charge in [0.1, 0.15) is 11.6 Å². The lowest BCUT2D eigenvalue weighted by Gasteiger charge is -2.29. The standard InChI is InChI=1S/C26H19Cl2FN2OS/c1-16-5-14-21(29)15-22(16)33-31-23-3-2-4-24(32)30(23)25(17-6-10-19(27)11-7-17)26(31)18-8-12-20(28)13-9-18/h2-15,25-26H,1H3/t25-,26+/m0/s1. The summed E-state index contributed by atoms with van der Waals surface area (Å²) in [6.07, 6.45) is 0. The quantitative estimate of drug-likeness (QED) is 0.274. The Morgan fingerprint density at radius 1 is 0.818 bits per heavy atom. The molecular formula is C26H19Cl2FN2OS. The number of hydrogen-bond donors (Lipinski definition) is 0. The molecule has 0 aliphatic carbocycles. The zero-order chi connectivity index (χ0) is 23.1. The Hall–Kier alpha value is -2.73. The van der Waals surface area contributed by atoms with Crippen molar-refractivity contribution in [3.8, 4) is 0 Å². The molecule has 0 fully saturated rings. The summed E-state index contributed by atoms with van der Waals surface area (Å²) in [6.45, 7) is 1.95. The van der Waals surface area contributed by atoms with E-state index in [1.807, 2.05) is 61.5 Å². The zero-order valence-electron chi connectivity index (χ0n) is 17.6. The SMILES string of the molecule is Cc1ccc(F)cc1SN1c2cccc(=O)n2[C@@H](c2ccc(Cl)cc2)[C@H]1c1ccc(Cl)cc1. The van der Waals surface area contributed by atoms with Crippen LogP contribution < -0.4 is 9.86 Å². The molecule has 5 rings (SSSR count). The first-order chi connectivity index (χ1) is 15.9. The Kier molecular flexibility index (Phi) is 5.95. The number of pyridine rings is 1. The molecule has 0 N–H and O–H groups in total. The Morgan fingerprint density at radius 2 is 1.42 bits per heavy atom. The maximum atomic E-state index is 14.1. The summed E-state index contributed by atoms with van der Waals surface area (Å²) in [5.41, 5.74) is 2.79. The number of nitrogens with zero attached hydrogens (tertiary/aromatic N) is 2. The second-order valence-electron chi connectivity index (χ2n) is 7.91. The van der Waals surface area contributed by atoms with Gasteiger partial charge in [0, 0.05) is 21.0 Å². The van der Waals surface area contributed by atoms with E-state index in [4.69, 9.17) is 23.2 Å². The van der Waals surface area contributed by atoms with Crippen LogP contribution in [0.4, 0.5) is 10.2 Å². The van der Waals surface area contributed by atoms with Gasteiger partial charge in [0.2, 0.25) is 0 Å². The van der Waals surface area contributed by atoms with E-state index >= 15 is 0 Å². The first-order valence-electron chi connectivity index (χ1n) is 10.4. The van der Waals surface area contributed by atoms with Crippen molar-refractivity contribution in [3.05, 3.63) is 128 Å². The first kappa shape index (κ1) is 22.1. The molecular weight excluding hydrogens is 478 g/mol. The molecule has 0 saturated heterocycles.